The number of likely N-dealkylation sites (tertiary alicyclic amines) is 1. The van der Waals surface area contributed by atoms with Gasteiger partial charge in [0, 0.05) is 5.56 Å². The van der Waals surface area contributed by atoms with Gasteiger partial charge < -0.3 is 4.57 Å². The van der Waals surface area contributed by atoms with Crippen LogP contribution in [0.3, 0.4) is 0 Å². The molecule has 2 aromatic carbocycles. The molecule has 0 aliphatic carbocycles. The van der Waals surface area contributed by atoms with Gasteiger partial charge in [0.2, 0.25) is 5.91 Å². The zero-order chi connectivity index (χ0) is 23.0. The summed E-state index contributed by atoms with van der Waals surface area (Å²) >= 11 is 1.26. The SMILES string of the molecule is O=C(CSc1nnc(CN2CCCC2)n1Cc1ccccc1)NNC(=O)c1ccc(F)cc1. The number of aromatic nitrogens is 3. The Balaban J connectivity index is 1.37. The van der Waals surface area contributed by atoms with Crippen molar-refractivity contribution in [2.24, 2.45) is 0 Å². The molecule has 2 N–H and O–H groups in total. The highest BCUT2D eigenvalue weighted by Crippen LogP contribution is 2.21. The third kappa shape index (κ3) is 6.39. The van der Waals surface area contributed by atoms with Crippen molar-refractivity contribution in [2.45, 2.75) is 31.1 Å². The van der Waals surface area contributed by atoms with Gasteiger partial charge in [-0.25, -0.2) is 4.39 Å². The Morgan fingerprint density at radius 3 is 2.39 bits per heavy atom. The van der Waals surface area contributed by atoms with Crippen LogP contribution in [0.15, 0.2) is 59.8 Å². The van der Waals surface area contributed by atoms with Crippen LogP contribution in [0.4, 0.5) is 4.39 Å². The van der Waals surface area contributed by atoms with Crippen molar-refractivity contribution in [3.63, 3.8) is 0 Å². The minimum Gasteiger partial charge on any atom is -0.300 e. The maximum atomic E-state index is 13.0. The van der Waals surface area contributed by atoms with E-state index >= 15 is 0 Å². The first-order valence-electron chi connectivity index (χ1n) is 10.7. The molecule has 3 aromatic rings. The molecule has 1 aromatic heterocycles. The highest BCUT2D eigenvalue weighted by atomic mass is 32.2. The second-order valence-electron chi connectivity index (χ2n) is 7.75. The topological polar surface area (TPSA) is 92.2 Å². The molecule has 0 radical (unpaired) electrons. The highest BCUT2D eigenvalue weighted by molar-refractivity contribution is 7.99. The molecule has 0 unspecified atom stereocenters. The Labute approximate surface area is 195 Å². The number of carbonyl (C=O) groups is 2. The summed E-state index contributed by atoms with van der Waals surface area (Å²) < 4.78 is 15.0. The second-order valence-corrected chi connectivity index (χ2v) is 8.69. The summed E-state index contributed by atoms with van der Waals surface area (Å²) in [6, 6.07) is 15.1. The lowest BCUT2D eigenvalue weighted by Gasteiger charge is -2.16. The highest BCUT2D eigenvalue weighted by Gasteiger charge is 2.19. The fraction of sp³-hybridized carbons (Fsp3) is 0.304. The predicted molar refractivity (Wildman–Crippen MR) is 123 cm³/mol. The Hall–Kier alpha value is -3.24. The van der Waals surface area contributed by atoms with Crippen molar-refractivity contribution in [3.8, 4) is 0 Å². The van der Waals surface area contributed by atoms with Gasteiger partial charge in [-0.15, -0.1) is 10.2 Å². The summed E-state index contributed by atoms with van der Waals surface area (Å²) in [5.41, 5.74) is 6.09. The summed E-state index contributed by atoms with van der Waals surface area (Å²) in [7, 11) is 0. The van der Waals surface area contributed by atoms with Crippen molar-refractivity contribution < 1.29 is 14.0 Å². The molecule has 1 fully saturated rings. The van der Waals surface area contributed by atoms with Gasteiger partial charge in [-0.05, 0) is 55.8 Å². The molecule has 33 heavy (non-hydrogen) atoms. The number of hydrogen-bond acceptors (Lipinski definition) is 6. The number of nitrogens with one attached hydrogen (secondary N) is 2. The first-order valence-corrected chi connectivity index (χ1v) is 11.7. The summed E-state index contributed by atoms with van der Waals surface area (Å²) in [6.07, 6.45) is 2.39. The van der Waals surface area contributed by atoms with Crippen LogP contribution in [0.2, 0.25) is 0 Å². The number of amides is 2. The van der Waals surface area contributed by atoms with Crippen molar-refractivity contribution >= 4 is 23.6 Å². The van der Waals surface area contributed by atoms with E-state index < -0.39 is 11.7 Å². The number of rotatable bonds is 8. The van der Waals surface area contributed by atoms with E-state index in [9.17, 15) is 14.0 Å². The van der Waals surface area contributed by atoms with Crippen LogP contribution in [0.5, 0.6) is 0 Å². The lowest BCUT2D eigenvalue weighted by atomic mass is 10.2. The van der Waals surface area contributed by atoms with E-state index in [-0.39, 0.29) is 17.2 Å². The monoisotopic (exact) mass is 468 g/mol. The molecular weight excluding hydrogens is 443 g/mol. The zero-order valence-electron chi connectivity index (χ0n) is 18.0. The minimum absolute atomic E-state index is 0.0559. The summed E-state index contributed by atoms with van der Waals surface area (Å²) in [6.45, 7) is 3.44. The van der Waals surface area contributed by atoms with Crippen molar-refractivity contribution in [1.29, 1.82) is 0 Å². The Kier molecular flexibility index (Phi) is 7.69. The Morgan fingerprint density at radius 1 is 0.939 bits per heavy atom. The van der Waals surface area contributed by atoms with Crippen molar-refractivity contribution in [3.05, 3.63) is 77.4 Å². The van der Waals surface area contributed by atoms with Crippen LogP contribution in [-0.4, -0.2) is 50.3 Å². The van der Waals surface area contributed by atoms with E-state index in [0.717, 1.165) is 31.0 Å². The first kappa shape index (κ1) is 22.9. The van der Waals surface area contributed by atoms with E-state index in [0.29, 0.717) is 11.7 Å². The Morgan fingerprint density at radius 2 is 1.67 bits per heavy atom. The average Bonchev–Trinajstić information content (AvgIpc) is 3.48. The fourth-order valence-corrected chi connectivity index (χ4v) is 4.33. The molecule has 4 rings (SSSR count). The van der Waals surface area contributed by atoms with Gasteiger partial charge in [-0.2, -0.15) is 0 Å². The molecule has 10 heteroatoms. The van der Waals surface area contributed by atoms with Crippen LogP contribution >= 0.6 is 11.8 Å². The number of thioether (sulfide) groups is 1. The quantitative estimate of drug-likeness (QED) is 0.390. The molecule has 0 bridgehead atoms. The number of hydrazine groups is 1. The first-order chi connectivity index (χ1) is 16.1. The maximum absolute atomic E-state index is 13.0. The predicted octanol–water partition coefficient (Wildman–Crippen LogP) is 2.61. The van der Waals surface area contributed by atoms with Gasteiger partial charge in [0.15, 0.2) is 5.16 Å². The normalized spacial score (nSPS) is 13.7. The summed E-state index contributed by atoms with van der Waals surface area (Å²) in [5, 5.41) is 9.36. The van der Waals surface area contributed by atoms with E-state index in [2.05, 4.69) is 25.9 Å². The smallest absolute Gasteiger partial charge is 0.269 e. The number of carbonyl (C=O) groups excluding carboxylic acids is 2. The zero-order valence-corrected chi connectivity index (χ0v) is 18.9. The fourth-order valence-electron chi connectivity index (χ4n) is 3.57. The molecule has 2 amide bonds. The van der Waals surface area contributed by atoms with E-state index in [4.69, 9.17) is 0 Å². The molecule has 1 saturated heterocycles. The molecule has 1 aliphatic rings. The van der Waals surface area contributed by atoms with Crippen LogP contribution in [-0.2, 0) is 17.9 Å². The van der Waals surface area contributed by atoms with Gasteiger partial charge in [-0.1, -0.05) is 42.1 Å². The van der Waals surface area contributed by atoms with Crippen LogP contribution in [0.1, 0.15) is 34.6 Å². The van der Waals surface area contributed by atoms with E-state index in [1.165, 1.54) is 48.9 Å². The molecule has 8 nitrogen and oxygen atoms in total. The lowest BCUT2D eigenvalue weighted by Crippen LogP contribution is -2.42. The van der Waals surface area contributed by atoms with Gasteiger partial charge in [0.25, 0.3) is 5.91 Å². The van der Waals surface area contributed by atoms with Gasteiger partial charge in [0.05, 0.1) is 18.8 Å². The summed E-state index contributed by atoms with van der Waals surface area (Å²) in [4.78, 5) is 26.7. The summed E-state index contributed by atoms with van der Waals surface area (Å²) in [5.74, 6) is -0.413. The van der Waals surface area contributed by atoms with Crippen LogP contribution in [0, 0.1) is 5.82 Å². The van der Waals surface area contributed by atoms with Gasteiger partial charge in [0.1, 0.15) is 11.6 Å². The lowest BCUT2D eigenvalue weighted by molar-refractivity contribution is -0.119. The standard InChI is InChI=1S/C23H25FN6O2S/c24-19-10-8-18(9-11-19)22(32)27-26-21(31)16-33-23-28-25-20(15-29-12-4-5-13-29)30(23)14-17-6-2-1-3-7-17/h1-3,6-11H,4-5,12-16H2,(H,26,31)(H,27,32). The van der Waals surface area contributed by atoms with E-state index in [1.807, 2.05) is 34.9 Å². The Bertz CT molecular complexity index is 1080. The number of hydrogen-bond donors (Lipinski definition) is 2. The molecule has 1 aliphatic heterocycles. The number of benzene rings is 2. The molecule has 0 spiro atoms. The minimum atomic E-state index is -0.520. The van der Waals surface area contributed by atoms with Gasteiger partial charge in [-0.3, -0.25) is 25.3 Å². The van der Waals surface area contributed by atoms with Gasteiger partial charge >= 0.3 is 0 Å². The number of nitrogens with zero attached hydrogens (tertiary/aromatic N) is 4. The number of halogens is 1. The maximum Gasteiger partial charge on any atom is 0.269 e. The molecule has 0 atom stereocenters. The van der Waals surface area contributed by atoms with Crippen molar-refractivity contribution in [2.75, 3.05) is 18.8 Å². The second kappa shape index (κ2) is 11.1. The van der Waals surface area contributed by atoms with E-state index in [1.54, 1.807) is 0 Å². The largest absolute Gasteiger partial charge is 0.300 e. The third-order valence-electron chi connectivity index (χ3n) is 5.29. The van der Waals surface area contributed by atoms with Crippen LogP contribution in [0.25, 0.3) is 0 Å². The van der Waals surface area contributed by atoms with Crippen LogP contribution < -0.4 is 10.9 Å². The molecule has 172 valence electrons. The average molecular weight is 469 g/mol. The molecule has 2 heterocycles. The molecular formula is C23H25FN6O2S. The van der Waals surface area contributed by atoms with Crippen molar-refractivity contribution in [1.82, 2.24) is 30.5 Å². The third-order valence-corrected chi connectivity index (χ3v) is 6.26. The molecule has 0 saturated carbocycles.